The summed E-state index contributed by atoms with van der Waals surface area (Å²) in [5.74, 6) is 0.570. The van der Waals surface area contributed by atoms with Crippen molar-refractivity contribution in [3.05, 3.63) is 30.2 Å². The minimum Gasteiger partial charge on any atom is -0.324 e. The Labute approximate surface area is 133 Å². The number of aromatic nitrogens is 2. The third-order valence-corrected chi connectivity index (χ3v) is 6.78. The minimum absolute atomic E-state index is 0.0366. The molecule has 1 fully saturated rings. The Morgan fingerprint density at radius 2 is 2.27 bits per heavy atom. The van der Waals surface area contributed by atoms with Crippen LogP contribution in [0.3, 0.4) is 0 Å². The lowest BCUT2D eigenvalue weighted by Gasteiger charge is -2.08. The SMILES string of the molecule is Cc1cn2cc(NC(=O)CS[C@H]3CCS(=O)(=O)C3)ccc2n1. The number of fused-ring (bicyclic) bond motifs is 1. The quantitative estimate of drug-likeness (QED) is 0.913. The molecule has 3 rings (SSSR count). The van der Waals surface area contributed by atoms with Crippen LogP contribution in [0.1, 0.15) is 12.1 Å². The number of carbonyl (C=O) groups excluding carboxylic acids is 1. The lowest BCUT2D eigenvalue weighted by atomic mass is 10.4. The van der Waals surface area contributed by atoms with E-state index in [1.54, 1.807) is 0 Å². The largest absolute Gasteiger partial charge is 0.324 e. The molecule has 0 aliphatic carbocycles. The van der Waals surface area contributed by atoms with Crippen LogP contribution < -0.4 is 5.32 Å². The first-order valence-corrected chi connectivity index (χ1v) is 9.85. The topological polar surface area (TPSA) is 80.5 Å². The molecule has 3 heterocycles. The highest BCUT2D eigenvalue weighted by atomic mass is 32.2. The van der Waals surface area contributed by atoms with Crippen molar-refractivity contribution in [2.24, 2.45) is 0 Å². The van der Waals surface area contributed by atoms with E-state index in [1.807, 2.05) is 35.9 Å². The van der Waals surface area contributed by atoms with Gasteiger partial charge in [-0.15, -0.1) is 11.8 Å². The number of thioether (sulfide) groups is 1. The predicted molar refractivity (Wildman–Crippen MR) is 88.1 cm³/mol. The summed E-state index contributed by atoms with van der Waals surface area (Å²) in [5.41, 5.74) is 2.46. The molecule has 1 atom stereocenters. The van der Waals surface area contributed by atoms with E-state index in [2.05, 4.69) is 10.3 Å². The summed E-state index contributed by atoms with van der Waals surface area (Å²) in [5, 5.41) is 2.87. The summed E-state index contributed by atoms with van der Waals surface area (Å²) >= 11 is 1.41. The number of nitrogens with zero attached hydrogens (tertiary/aromatic N) is 2. The second kappa shape index (κ2) is 5.92. The van der Waals surface area contributed by atoms with Gasteiger partial charge < -0.3 is 9.72 Å². The van der Waals surface area contributed by atoms with Crippen LogP contribution in [0.5, 0.6) is 0 Å². The molecule has 0 bridgehead atoms. The van der Waals surface area contributed by atoms with Crippen molar-refractivity contribution in [1.29, 1.82) is 0 Å². The monoisotopic (exact) mass is 339 g/mol. The summed E-state index contributed by atoms with van der Waals surface area (Å²) in [6.45, 7) is 1.91. The number of anilines is 1. The first-order chi connectivity index (χ1) is 10.4. The van der Waals surface area contributed by atoms with E-state index in [4.69, 9.17) is 0 Å². The van der Waals surface area contributed by atoms with Crippen LogP contribution in [0.2, 0.25) is 0 Å². The molecule has 1 amide bonds. The molecule has 1 saturated heterocycles. The summed E-state index contributed by atoms with van der Waals surface area (Å²) in [7, 11) is -2.89. The number of carbonyl (C=O) groups is 1. The number of amides is 1. The first kappa shape index (κ1) is 15.4. The van der Waals surface area contributed by atoms with Crippen molar-refractivity contribution in [2.45, 2.75) is 18.6 Å². The highest BCUT2D eigenvalue weighted by Crippen LogP contribution is 2.24. The standard InChI is InChI=1S/C14H17N3O3S2/c1-10-6-17-7-11(2-3-13(17)15-10)16-14(18)8-21-12-4-5-22(19,20)9-12/h2-3,6-7,12H,4-5,8-9H2,1H3,(H,16,18)/t12-/m0/s1. The Morgan fingerprint density at radius 3 is 3.00 bits per heavy atom. The van der Waals surface area contributed by atoms with Crippen molar-refractivity contribution in [3.63, 3.8) is 0 Å². The van der Waals surface area contributed by atoms with Crippen LogP contribution in [-0.2, 0) is 14.6 Å². The molecule has 0 spiro atoms. The number of hydrogen-bond acceptors (Lipinski definition) is 5. The third-order valence-electron chi connectivity index (χ3n) is 3.50. The second-order valence-corrected chi connectivity index (χ2v) is 8.97. The first-order valence-electron chi connectivity index (χ1n) is 6.98. The fourth-order valence-corrected chi connectivity index (χ4v) is 5.92. The Hall–Kier alpha value is -1.54. The zero-order valence-electron chi connectivity index (χ0n) is 12.2. The Kier molecular flexibility index (Phi) is 4.14. The molecule has 1 aliphatic rings. The van der Waals surface area contributed by atoms with E-state index in [0.29, 0.717) is 12.1 Å². The Bertz CT molecular complexity index is 814. The van der Waals surface area contributed by atoms with Gasteiger partial charge in [0.15, 0.2) is 9.84 Å². The van der Waals surface area contributed by atoms with Gasteiger partial charge in [0.25, 0.3) is 0 Å². The lowest BCUT2D eigenvalue weighted by molar-refractivity contribution is -0.113. The van der Waals surface area contributed by atoms with Crippen molar-refractivity contribution in [3.8, 4) is 0 Å². The molecule has 0 unspecified atom stereocenters. The number of rotatable bonds is 4. The molecule has 0 aromatic carbocycles. The number of nitrogens with one attached hydrogen (secondary N) is 1. The van der Waals surface area contributed by atoms with E-state index >= 15 is 0 Å². The average molecular weight is 339 g/mol. The van der Waals surface area contributed by atoms with Crippen molar-refractivity contribution in [2.75, 3.05) is 22.6 Å². The number of sulfone groups is 1. The fourth-order valence-electron chi connectivity index (χ4n) is 2.48. The van der Waals surface area contributed by atoms with Gasteiger partial charge >= 0.3 is 0 Å². The van der Waals surface area contributed by atoms with E-state index in [1.165, 1.54) is 11.8 Å². The average Bonchev–Trinajstić information content (AvgIpc) is 2.97. The van der Waals surface area contributed by atoms with Crippen LogP contribution in [0.15, 0.2) is 24.5 Å². The molecule has 6 nitrogen and oxygen atoms in total. The molecule has 118 valence electrons. The number of aryl methyl sites for hydroxylation is 1. The smallest absolute Gasteiger partial charge is 0.234 e. The molecule has 8 heteroatoms. The number of imidazole rings is 1. The zero-order valence-corrected chi connectivity index (χ0v) is 13.8. The molecule has 0 saturated carbocycles. The highest BCUT2D eigenvalue weighted by molar-refractivity contribution is 8.02. The van der Waals surface area contributed by atoms with Crippen molar-refractivity contribution >= 4 is 38.8 Å². The third kappa shape index (κ3) is 3.61. The molecule has 1 aliphatic heterocycles. The Morgan fingerprint density at radius 1 is 1.45 bits per heavy atom. The van der Waals surface area contributed by atoms with Crippen molar-refractivity contribution in [1.82, 2.24) is 9.38 Å². The summed E-state index contributed by atoms with van der Waals surface area (Å²) in [4.78, 5) is 16.3. The molecule has 22 heavy (non-hydrogen) atoms. The van der Waals surface area contributed by atoms with Crippen LogP contribution in [-0.4, -0.2) is 46.2 Å². The molecular formula is C14H17N3O3S2. The fraction of sp³-hybridized carbons (Fsp3) is 0.429. The zero-order chi connectivity index (χ0) is 15.7. The molecule has 2 aromatic rings. The van der Waals surface area contributed by atoms with Crippen LogP contribution >= 0.6 is 11.8 Å². The van der Waals surface area contributed by atoms with Gasteiger partial charge in [0.1, 0.15) is 5.65 Å². The van der Waals surface area contributed by atoms with E-state index < -0.39 is 9.84 Å². The van der Waals surface area contributed by atoms with E-state index in [9.17, 15) is 13.2 Å². The summed E-state index contributed by atoms with van der Waals surface area (Å²) in [6, 6.07) is 3.66. The van der Waals surface area contributed by atoms with E-state index in [-0.39, 0.29) is 28.4 Å². The van der Waals surface area contributed by atoms with Gasteiger partial charge in [0, 0.05) is 17.6 Å². The molecule has 0 radical (unpaired) electrons. The molecular weight excluding hydrogens is 322 g/mol. The maximum Gasteiger partial charge on any atom is 0.234 e. The summed E-state index contributed by atoms with van der Waals surface area (Å²) < 4.78 is 24.6. The maximum absolute atomic E-state index is 12.0. The molecule has 2 aromatic heterocycles. The van der Waals surface area contributed by atoms with Gasteiger partial charge in [-0.2, -0.15) is 0 Å². The number of pyridine rings is 1. The second-order valence-electron chi connectivity index (χ2n) is 5.45. The molecule has 1 N–H and O–H groups in total. The van der Waals surface area contributed by atoms with Crippen molar-refractivity contribution < 1.29 is 13.2 Å². The highest BCUT2D eigenvalue weighted by Gasteiger charge is 2.28. The van der Waals surface area contributed by atoms with Crippen LogP contribution in [0.25, 0.3) is 5.65 Å². The maximum atomic E-state index is 12.0. The van der Waals surface area contributed by atoms with Gasteiger partial charge in [0.2, 0.25) is 5.91 Å². The van der Waals surface area contributed by atoms with Crippen LogP contribution in [0, 0.1) is 6.92 Å². The van der Waals surface area contributed by atoms with Gasteiger partial charge in [0.05, 0.1) is 28.6 Å². The van der Waals surface area contributed by atoms with Gasteiger partial charge in [-0.05, 0) is 25.5 Å². The van der Waals surface area contributed by atoms with Crippen LogP contribution in [0.4, 0.5) is 5.69 Å². The predicted octanol–water partition coefficient (Wildman–Crippen LogP) is 1.50. The number of hydrogen-bond donors (Lipinski definition) is 1. The Balaban J connectivity index is 1.56. The summed E-state index contributed by atoms with van der Waals surface area (Å²) in [6.07, 6.45) is 4.35. The lowest BCUT2D eigenvalue weighted by Crippen LogP contribution is -2.17. The van der Waals surface area contributed by atoms with Gasteiger partial charge in [-0.25, -0.2) is 13.4 Å². The normalized spacial score (nSPS) is 20.3. The van der Waals surface area contributed by atoms with E-state index in [0.717, 1.165) is 11.3 Å². The minimum atomic E-state index is -2.89. The van der Waals surface area contributed by atoms with Gasteiger partial charge in [-0.3, -0.25) is 4.79 Å². The van der Waals surface area contributed by atoms with Gasteiger partial charge in [-0.1, -0.05) is 0 Å².